The number of benzene rings is 1. The second-order valence-corrected chi connectivity index (χ2v) is 7.28. The van der Waals surface area contributed by atoms with E-state index < -0.39 is 10.3 Å². The maximum Gasteiger partial charge on any atom is 0.200 e. The summed E-state index contributed by atoms with van der Waals surface area (Å²) in [4.78, 5) is 12.1. The maximum atomic E-state index is 12.6. The van der Waals surface area contributed by atoms with E-state index in [0.29, 0.717) is 6.42 Å². The van der Waals surface area contributed by atoms with E-state index in [1.807, 2.05) is 66.8 Å². The summed E-state index contributed by atoms with van der Waals surface area (Å²) < 4.78 is 0. The van der Waals surface area contributed by atoms with Gasteiger partial charge >= 0.3 is 0 Å². The van der Waals surface area contributed by atoms with Crippen LogP contribution in [0.3, 0.4) is 0 Å². The number of carbonyl (C=O) groups is 1. The van der Waals surface area contributed by atoms with Crippen molar-refractivity contribution in [3.63, 3.8) is 0 Å². The topological polar surface area (TPSA) is 17.1 Å². The van der Waals surface area contributed by atoms with Gasteiger partial charge in [-0.3, -0.25) is 4.79 Å². The first kappa shape index (κ1) is 16.4. The average molecular weight is 343 g/mol. The molecule has 2 aliphatic rings. The first-order valence-corrected chi connectivity index (χ1v) is 8.58. The van der Waals surface area contributed by atoms with Crippen LogP contribution < -0.4 is 0 Å². The van der Waals surface area contributed by atoms with Crippen molar-refractivity contribution in [3.8, 4) is 0 Å². The van der Waals surface area contributed by atoms with Gasteiger partial charge in [-0.25, -0.2) is 0 Å². The zero-order valence-corrected chi connectivity index (χ0v) is 14.4. The van der Waals surface area contributed by atoms with Gasteiger partial charge in [-0.1, -0.05) is 78.9 Å². The fraction of sp³-hybridized carbons (Fsp3) is 0.250. The molecule has 0 fully saturated rings. The van der Waals surface area contributed by atoms with Crippen LogP contribution in [0.2, 0.25) is 0 Å². The van der Waals surface area contributed by atoms with Gasteiger partial charge in [0.2, 0.25) is 5.12 Å². The predicted octanol–water partition coefficient (Wildman–Crippen LogP) is 5.01. The second kappa shape index (κ2) is 6.54. The molecule has 1 aromatic carbocycles. The van der Waals surface area contributed by atoms with Crippen molar-refractivity contribution >= 4 is 29.3 Å². The Labute approximate surface area is 147 Å². The molecule has 0 aliphatic heterocycles. The van der Waals surface area contributed by atoms with Crippen molar-refractivity contribution in [1.29, 1.82) is 0 Å². The Balaban J connectivity index is 2.01. The Hall–Kier alpha value is -1.51. The summed E-state index contributed by atoms with van der Waals surface area (Å²) in [5.74, 6) is -0.0338. The van der Waals surface area contributed by atoms with Gasteiger partial charge in [-0.05, 0) is 18.4 Å². The highest BCUT2D eigenvalue weighted by Crippen LogP contribution is 2.45. The highest BCUT2D eigenvalue weighted by molar-refractivity contribution is 7.96. The van der Waals surface area contributed by atoms with E-state index in [4.69, 9.17) is 11.6 Å². The van der Waals surface area contributed by atoms with Crippen LogP contribution >= 0.6 is 24.2 Å². The lowest BCUT2D eigenvalue weighted by molar-refractivity contribution is -0.115. The summed E-state index contributed by atoms with van der Waals surface area (Å²) in [7, 11) is 0. The molecule has 0 amide bonds. The van der Waals surface area contributed by atoms with Crippen molar-refractivity contribution in [1.82, 2.24) is 0 Å². The summed E-state index contributed by atoms with van der Waals surface area (Å²) >= 11 is 11.0. The van der Waals surface area contributed by atoms with E-state index in [0.717, 1.165) is 12.0 Å². The molecule has 0 aromatic heterocycles. The van der Waals surface area contributed by atoms with Crippen molar-refractivity contribution in [3.05, 3.63) is 84.5 Å². The lowest BCUT2D eigenvalue weighted by Crippen LogP contribution is -2.42. The number of halogens is 1. The molecule has 0 saturated heterocycles. The lowest BCUT2D eigenvalue weighted by Gasteiger charge is -2.40. The van der Waals surface area contributed by atoms with E-state index in [9.17, 15) is 4.79 Å². The van der Waals surface area contributed by atoms with Crippen LogP contribution in [0.15, 0.2) is 78.9 Å². The van der Waals surface area contributed by atoms with Gasteiger partial charge in [0.25, 0.3) is 0 Å². The highest BCUT2D eigenvalue weighted by atomic mass is 35.5. The normalized spacial score (nSPS) is 32.2. The van der Waals surface area contributed by atoms with Gasteiger partial charge in [0, 0.05) is 5.92 Å². The molecule has 0 heterocycles. The quantitative estimate of drug-likeness (QED) is 0.601. The van der Waals surface area contributed by atoms with Crippen molar-refractivity contribution in [2.45, 2.75) is 23.1 Å². The Morgan fingerprint density at radius 3 is 2.52 bits per heavy atom. The number of alkyl halides is 1. The zero-order chi connectivity index (χ0) is 16.3. The molecule has 0 saturated carbocycles. The Morgan fingerprint density at radius 1 is 1.13 bits per heavy atom. The number of carbonyl (C=O) groups excluding carboxylic acids is 1. The SMILES string of the molecule is O=C(S)C1(c2ccccc2)C=CC=CC1CC1(Cl)C=CC=CC1. The van der Waals surface area contributed by atoms with Crippen LogP contribution in [0.5, 0.6) is 0 Å². The van der Waals surface area contributed by atoms with Crippen LogP contribution in [0.25, 0.3) is 0 Å². The minimum absolute atomic E-state index is 0.0338. The maximum absolute atomic E-state index is 12.6. The van der Waals surface area contributed by atoms with E-state index in [1.54, 1.807) is 0 Å². The molecule has 3 atom stereocenters. The van der Waals surface area contributed by atoms with Crippen molar-refractivity contribution in [2.75, 3.05) is 0 Å². The largest absolute Gasteiger partial charge is 0.286 e. The molecule has 0 N–H and O–H groups in total. The molecule has 2 aliphatic carbocycles. The summed E-state index contributed by atoms with van der Waals surface area (Å²) in [5.41, 5.74) is 0.192. The number of hydrogen-bond acceptors (Lipinski definition) is 1. The lowest BCUT2D eigenvalue weighted by atomic mass is 9.65. The van der Waals surface area contributed by atoms with Crippen molar-refractivity contribution < 1.29 is 4.79 Å². The molecular formula is C20H19ClOS. The zero-order valence-electron chi connectivity index (χ0n) is 12.7. The molecule has 0 radical (unpaired) electrons. The van der Waals surface area contributed by atoms with Gasteiger partial charge in [-0.2, -0.15) is 0 Å². The summed E-state index contributed by atoms with van der Waals surface area (Å²) in [6.45, 7) is 0. The van der Waals surface area contributed by atoms with Crippen LogP contribution in [0.1, 0.15) is 18.4 Å². The fourth-order valence-corrected chi connectivity index (χ4v) is 4.14. The predicted molar refractivity (Wildman–Crippen MR) is 100.0 cm³/mol. The molecule has 0 bridgehead atoms. The van der Waals surface area contributed by atoms with Gasteiger partial charge in [0.05, 0.1) is 10.3 Å². The van der Waals surface area contributed by atoms with Gasteiger partial charge in [0.1, 0.15) is 0 Å². The third-order valence-corrected chi connectivity index (χ3v) is 5.47. The molecule has 23 heavy (non-hydrogen) atoms. The van der Waals surface area contributed by atoms with Gasteiger partial charge in [0.15, 0.2) is 0 Å². The molecule has 118 valence electrons. The molecule has 3 rings (SSSR count). The average Bonchev–Trinajstić information content (AvgIpc) is 2.56. The fourth-order valence-electron chi connectivity index (χ4n) is 3.44. The molecule has 1 aromatic rings. The molecule has 3 heteroatoms. The number of rotatable bonds is 4. The second-order valence-electron chi connectivity index (χ2n) is 6.12. The van der Waals surface area contributed by atoms with Gasteiger partial charge in [-0.15, -0.1) is 24.2 Å². The number of allylic oxidation sites excluding steroid dienone is 8. The standard InChI is InChI=1S/C20H19ClOS/c21-19(12-6-2-7-13-19)15-17-11-5-8-14-20(17,18(22)23)16-9-3-1-4-10-16/h1-12,14,17H,13,15H2,(H,22,23). The monoisotopic (exact) mass is 342 g/mol. The first-order chi connectivity index (χ1) is 11.1. The number of hydrogen-bond donors (Lipinski definition) is 1. The minimum atomic E-state index is -0.768. The molecule has 1 nitrogen and oxygen atoms in total. The summed E-state index contributed by atoms with van der Waals surface area (Å²) in [5, 5.41) is -0.148. The molecule has 3 unspecified atom stereocenters. The van der Waals surface area contributed by atoms with Crippen LogP contribution in [0, 0.1) is 5.92 Å². The summed E-state index contributed by atoms with van der Waals surface area (Å²) in [6, 6.07) is 9.84. The van der Waals surface area contributed by atoms with Crippen LogP contribution in [-0.4, -0.2) is 9.99 Å². The Bertz CT molecular complexity index is 704. The Morgan fingerprint density at radius 2 is 1.87 bits per heavy atom. The van der Waals surface area contributed by atoms with Crippen LogP contribution in [0.4, 0.5) is 0 Å². The van der Waals surface area contributed by atoms with E-state index in [1.165, 1.54) is 0 Å². The highest BCUT2D eigenvalue weighted by Gasteiger charge is 2.45. The molecular weight excluding hydrogens is 324 g/mol. The summed E-state index contributed by atoms with van der Waals surface area (Å²) in [6.07, 6.45) is 17.5. The van der Waals surface area contributed by atoms with Crippen LogP contribution in [-0.2, 0) is 10.2 Å². The Kier molecular flexibility index (Phi) is 4.65. The van der Waals surface area contributed by atoms with Gasteiger partial charge < -0.3 is 0 Å². The first-order valence-electron chi connectivity index (χ1n) is 7.75. The molecule has 0 spiro atoms. The van der Waals surface area contributed by atoms with E-state index in [2.05, 4.69) is 24.8 Å². The smallest absolute Gasteiger partial charge is 0.200 e. The third kappa shape index (κ3) is 3.11. The minimum Gasteiger partial charge on any atom is -0.286 e. The number of thiol groups is 1. The van der Waals surface area contributed by atoms with E-state index in [-0.39, 0.29) is 11.0 Å². The third-order valence-electron chi connectivity index (χ3n) is 4.66. The van der Waals surface area contributed by atoms with E-state index >= 15 is 0 Å². The van der Waals surface area contributed by atoms with Crippen molar-refractivity contribution in [2.24, 2.45) is 5.92 Å².